The van der Waals surface area contributed by atoms with Crippen LogP contribution in [0.3, 0.4) is 0 Å². The molecule has 4 nitrogen and oxygen atoms in total. The van der Waals surface area contributed by atoms with Crippen molar-refractivity contribution in [2.75, 3.05) is 6.61 Å². The molecule has 0 aliphatic heterocycles. The lowest BCUT2D eigenvalue weighted by atomic mass is 10.2. The van der Waals surface area contributed by atoms with E-state index in [-0.39, 0.29) is 12.4 Å². The number of esters is 1. The van der Waals surface area contributed by atoms with Crippen LogP contribution >= 0.6 is 0 Å². The molecule has 0 aliphatic carbocycles. The van der Waals surface area contributed by atoms with E-state index >= 15 is 0 Å². The Bertz CT molecular complexity index is 662. The van der Waals surface area contributed by atoms with Gasteiger partial charge in [-0.2, -0.15) is 5.26 Å². The molecule has 2 aromatic carbocycles. The number of hydrogen-bond acceptors (Lipinski definition) is 4. The van der Waals surface area contributed by atoms with E-state index in [4.69, 9.17) is 14.7 Å². The second-order valence-electron chi connectivity index (χ2n) is 4.20. The van der Waals surface area contributed by atoms with E-state index in [1.165, 1.54) is 18.2 Å². The van der Waals surface area contributed by atoms with Crippen LogP contribution in [0.1, 0.15) is 5.56 Å². The number of nitriles is 1. The summed E-state index contributed by atoms with van der Waals surface area (Å²) in [5.74, 6) is -0.401. The molecule has 0 saturated heterocycles. The van der Waals surface area contributed by atoms with Crippen LogP contribution in [0.15, 0.2) is 48.5 Å². The van der Waals surface area contributed by atoms with Gasteiger partial charge in [0.1, 0.15) is 17.3 Å². The fourth-order valence-corrected chi connectivity index (χ4v) is 1.63. The second kappa shape index (κ2) is 7.06. The molecule has 21 heavy (non-hydrogen) atoms. The molecule has 0 spiro atoms. The summed E-state index contributed by atoms with van der Waals surface area (Å²) in [5.41, 5.74) is 0.841. The number of benzene rings is 2. The van der Waals surface area contributed by atoms with E-state index in [0.717, 1.165) is 5.56 Å². The summed E-state index contributed by atoms with van der Waals surface area (Å²) in [6, 6.07) is 14.2. The lowest BCUT2D eigenvalue weighted by molar-refractivity contribution is -0.136. The molecule has 0 saturated carbocycles. The highest BCUT2D eigenvalue weighted by atomic mass is 19.1. The maximum absolute atomic E-state index is 12.9. The first-order valence-electron chi connectivity index (χ1n) is 6.22. The number of halogens is 1. The van der Waals surface area contributed by atoms with Gasteiger partial charge < -0.3 is 9.47 Å². The topological polar surface area (TPSA) is 59.3 Å². The van der Waals surface area contributed by atoms with E-state index in [9.17, 15) is 9.18 Å². The average Bonchev–Trinajstić information content (AvgIpc) is 2.48. The summed E-state index contributed by atoms with van der Waals surface area (Å²) in [4.78, 5) is 11.6. The van der Waals surface area contributed by atoms with Crippen molar-refractivity contribution >= 4 is 5.97 Å². The molecule has 0 aromatic heterocycles. The van der Waals surface area contributed by atoms with Gasteiger partial charge in [-0.1, -0.05) is 18.2 Å². The quantitative estimate of drug-likeness (QED) is 0.626. The van der Waals surface area contributed by atoms with Gasteiger partial charge in [-0.3, -0.25) is 0 Å². The first kappa shape index (κ1) is 14.5. The molecule has 0 unspecified atom stereocenters. The Hall–Kier alpha value is -2.87. The lowest BCUT2D eigenvalue weighted by Crippen LogP contribution is -2.17. The van der Waals surface area contributed by atoms with Crippen molar-refractivity contribution in [3.05, 3.63) is 59.9 Å². The molecular weight excluding hydrogens is 273 g/mol. The average molecular weight is 285 g/mol. The Labute approximate surface area is 121 Å². The third kappa shape index (κ3) is 4.62. The van der Waals surface area contributed by atoms with Crippen LogP contribution in [0.4, 0.5) is 4.39 Å². The molecule has 0 amide bonds. The van der Waals surface area contributed by atoms with Crippen LogP contribution in [-0.2, 0) is 11.2 Å². The molecule has 0 radical (unpaired) electrons. The minimum atomic E-state index is -0.590. The Morgan fingerprint density at radius 2 is 1.90 bits per heavy atom. The molecule has 2 rings (SSSR count). The van der Waals surface area contributed by atoms with Gasteiger partial charge in [0.15, 0.2) is 6.61 Å². The summed E-state index contributed by atoms with van der Waals surface area (Å²) in [7, 11) is 0. The monoisotopic (exact) mass is 285 g/mol. The van der Waals surface area contributed by atoms with Gasteiger partial charge in [0, 0.05) is 6.07 Å². The largest absolute Gasteiger partial charge is 0.482 e. The smallest absolute Gasteiger partial charge is 0.349 e. The van der Waals surface area contributed by atoms with Crippen LogP contribution in [-0.4, -0.2) is 12.6 Å². The van der Waals surface area contributed by atoms with Crippen LogP contribution in [0, 0.1) is 17.1 Å². The minimum absolute atomic E-state index is 0.260. The zero-order valence-electron chi connectivity index (χ0n) is 11.1. The zero-order chi connectivity index (χ0) is 15.1. The van der Waals surface area contributed by atoms with E-state index in [0.29, 0.717) is 12.2 Å². The highest BCUT2D eigenvalue weighted by molar-refractivity contribution is 5.73. The van der Waals surface area contributed by atoms with Crippen molar-refractivity contribution in [2.45, 2.75) is 6.42 Å². The van der Waals surface area contributed by atoms with Crippen molar-refractivity contribution in [1.29, 1.82) is 5.26 Å². The third-order valence-electron chi connectivity index (χ3n) is 2.59. The molecule has 0 heterocycles. The summed E-state index contributed by atoms with van der Waals surface area (Å²) in [6.07, 6.45) is 0.302. The SMILES string of the molecule is N#CCc1ccc(OC(=O)COc2cccc(F)c2)cc1. The Morgan fingerprint density at radius 3 is 2.57 bits per heavy atom. The highest BCUT2D eigenvalue weighted by Crippen LogP contribution is 2.14. The predicted octanol–water partition coefficient (Wildman–Crippen LogP) is 2.88. The highest BCUT2D eigenvalue weighted by Gasteiger charge is 2.06. The zero-order valence-corrected chi connectivity index (χ0v) is 11.1. The number of rotatable bonds is 5. The summed E-state index contributed by atoms with van der Waals surface area (Å²) < 4.78 is 23.1. The van der Waals surface area contributed by atoms with Gasteiger partial charge >= 0.3 is 5.97 Å². The Balaban J connectivity index is 1.85. The van der Waals surface area contributed by atoms with Crippen molar-refractivity contribution in [3.8, 4) is 17.6 Å². The van der Waals surface area contributed by atoms with Gasteiger partial charge in [0.25, 0.3) is 0 Å². The van der Waals surface area contributed by atoms with Gasteiger partial charge in [-0.05, 0) is 29.8 Å². The molecule has 0 atom stereocenters. The number of carbonyl (C=O) groups is 1. The van der Waals surface area contributed by atoms with Gasteiger partial charge in [-0.25, -0.2) is 9.18 Å². The lowest BCUT2D eigenvalue weighted by Gasteiger charge is -2.07. The standard InChI is InChI=1S/C16H12FNO3/c17-13-2-1-3-15(10-13)20-11-16(19)21-14-6-4-12(5-7-14)8-9-18/h1-7,10H,8,11H2. The maximum Gasteiger partial charge on any atom is 0.349 e. The van der Waals surface area contributed by atoms with Crippen molar-refractivity contribution in [2.24, 2.45) is 0 Å². The third-order valence-corrected chi connectivity index (χ3v) is 2.59. The summed E-state index contributed by atoms with van der Waals surface area (Å²) in [6.45, 7) is -0.316. The first-order valence-corrected chi connectivity index (χ1v) is 6.22. The van der Waals surface area contributed by atoms with E-state index in [1.807, 2.05) is 6.07 Å². The Kier molecular flexibility index (Phi) is 4.89. The number of ether oxygens (including phenoxy) is 2. The van der Waals surface area contributed by atoms with Crippen molar-refractivity contribution < 1.29 is 18.7 Å². The number of hydrogen-bond donors (Lipinski definition) is 0. The van der Waals surface area contributed by atoms with Crippen LogP contribution in [0.2, 0.25) is 0 Å². The summed E-state index contributed by atoms with van der Waals surface area (Å²) in [5, 5.41) is 8.55. The fourth-order valence-electron chi connectivity index (χ4n) is 1.63. The van der Waals surface area contributed by atoms with Crippen molar-refractivity contribution in [1.82, 2.24) is 0 Å². The van der Waals surface area contributed by atoms with Gasteiger partial charge in [-0.15, -0.1) is 0 Å². The molecule has 0 fully saturated rings. The fraction of sp³-hybridized carbons (Fsp3) is 0.125. The normalized spacial score (nSPS) is 9.71. The van der Waals surface area contributed by atoms with E-state index in [2.05, 4.69) is 0 Å². The summed E-state index contributed by atoms with van der Waals surface area (Å²) >= 11 is 0. The number of carbonyl (C=O) groups excluding carboxylic acids is 1. The maximum atomic E-state index is 12.9. The molecule has 0 bridgehead atoms. The number of nitrogens with zero attached hydrogens (tertiary/aromatic N) is 1. The van der Waals surface area contributed by atoms with Crippen LogP contribution in [0.25, 0.3) is 0 Å². The second-order valence-corrected chi connectivity index (χ2v) is 4.20. The van der Waals surface area contributed by atoms with Gasteiger partial charge in [0.2, 0.25) is 0 Å². The predicted molar refractivity (Wildman–Crippen MR) is 73.3 cm³/mol. The molecule has 5 heteroatoms. The Morgan fingerprint density at radius 1 is 1.14 bits per heavy atom. The van der Waals surface area contributed by atoms with Crippen LogP contribution in [0.5, 0.6) is 11.5 Å². The molecule has 0 N–H and O–H groups in total. The van der Waals surface area contributed by atoms with E-state index < -0.39 is 11.8 Å². The molecule has 106 valence electrons. The van der Waals surface area contributed by atoms with Crippen LogP contribution < -0.4 is 9.47 Å². The van der Waals surface area contributed by atoms with E-state index in [1.54, 1.807) is 30.3 Å². The first-order chi connectivity index (χ1) is 10.2. The molecular formula is C16H12FNO3. The van der Waals surface area contributed by atoms with Crippen molar-refractivity contribution in [3.63, 3.8) is 0 Å². The minimum Gasteiger partial charge on any atom is -0.482 e. The molecule has 2 aromatic rings. The molecule has 0 aliphatic rings. The van der Waals surface area contributed by atoms with Gasteiger partial charge in [0.05, 0.1) is 12.5 Å².